The minimum absolute atomic E-state index is 0.115. The van der Waals surface area contributed by atoms with E-state index in [1.54, 1.807) is 6.07 Å². The molecule has 2 heterocycles. The van der Waals surface area contributed by atoms with Gasteiger partial charge in [0.2, 0.25) is 0 Å². The molecule has 0 aromatic heterocycles. The molecule has 1 N–H and O–H groups in total. The zero-order chi connectivity index (χ0) is 15.9. The topological polar surface area (TPSA) is 60.9 Å². The molecule has 5 heteroatoms. The molecule has 2 aliphatic rings. The fraction of sp³-hybridized carbons (Fsp3) is 0.529. The first-order chi connectivity index (χ1) is 10.5. The van der Waals surface area contributed by atoms with Gasteiger partial charge in [0.1, 0.15) is 0 Å². The van der Waals surface area contributed by atoms with Crippen LogP contribution in [-0.4, -0.2) is 52.0 Å². The second-order valence-corrected chi connectivity index (χ2v) is 6.44. The molecule has 0 bridgehead atoms. The molecule has 0 spiro atoms. The number of rotatable bonds is 3. The van der Waals surface area contributed by atoms with Crippen molar-refractivity contribution >= 4 is 11.9 Å². The molecule has 0 saturated carbocycles. The average Bonchev–Trinajstić information content (AvgIpc) is 2.84. The van der Waals surface area contributed by atoms with Crippen molar-refractivity contribution in [2.24, 2.45) is 0 Å². The van der Waals surface area contributed by atoms with E-state index in [2.05, 4.69) is 18.7 Å². The Kier molecular flexibility index (Phi) is 3.91. The quantitative estimate of drug-likeness (QED) is 0.930. The van der Waals surface area contributed by atoms with Crippen LogP contribution >= 0.6 is 0 Å². The summed E-state index contributed by atoms with van der Waals surface area (Å²) in [6, 6.07) is 5.86. The smallest absolute Gasteiger partial charge is 0.336 e. The number of carboxylic acids is 1. The van der Waals surface area contributed by atoms with E-state index in [1.807, 2.05) is 11.0 Å². The van der Waals surface area contributed by atoms with Gasteiger partial charge >= 0.3 is 5.97 Å². The number of aromatic carboxylic acids is 1. The number of amides is 1. The van der Waals surface area contributed by atoms with Crippen LogP contribution in [0.2, 0.25) is 0 Å². The van der Waals surface area contributed by atoms with Gasteiger partial charge in [0, 0.05) is 31.7 Å². The molecule has 2 aliphatic heterocycles. The van der Waals surface area contributed by atoms with Crippen LogP contribution < -0.4 is 0 Å². The molecule has 1 aromatic carbocycles. The third-order valence-electron chi connectivity index (χ3n) is 4.87. The summed E-state index contributed by atoms with van der Waals surface area (Å²) in [5.41, 5.74) is 1.36. The summed E-state index contributed by atoms with van der Waals surface area (Å²) >= 11 is 0. The molecule has 22 heavy (non-hydrogen) atoms. The zero-order valence-electron chi connectivity index (χ0n) is 13.1. The standard InChI is InChI=1S/C17H22N2O3/c1-11(2)18-8-6-13(7-9-18)19-10-12-4-3-5-14(17(21)22)15(12)16(19)20/h3-5,11,13H,6-10H2,1-2H3,(H,21,22). The number of fused-ring (bicyclic) bond motifs is 1. The number of hydrogen-bond acceptors (Lipinski definition) is 3. The summed E-state index contributed by atoms with van der Waals surface area (Å²) in [6.45, 7) is 6.91. The van der Waals surface area contributed by atoms with E-state index in [1.165, 1.54) is 6.07 Å². The van der Waals surface area contributed by atoms with Crippen LogP contribution in [0.3, 0.4) is 0 Å². The van der Waals surface area contributed by atoms with Gasteiger partial charge in [-0.15, -0.1) is 0 Å². The van der Waals surface area contributed by atoms with Crippen LogP contribution in [0.5, 0.6) is 0 Å². The van der Waals surface area contributed by atoms with E-state index >= 15 is 0 Å². The number of piperidine rings is 1. The van der Waals surface area contributed by atoms with E-state index in [9.17, 15) is 14.7 Å². The fourth-order valence-electron chi connectivity index (χ4n) is 3.57. The van der Waals surface area contributed by atoms with Crippen molar-refractivity contribution in [3.05, 3.63) is 34.9 Å². The maximum absolute atomic E-state index is 12.7. The van der Waals surface area contributed by atoms with Crippen molar-refractivity contribution in [2.45, 2.75) is 45.3 Å². The molecule has 1 fully saturated rings. The Bertz CT molecular complexity index is 604. The number of benzene rings is 1. The van der Waals surface area contributed by atoms with Crippen molar-refractivity contribution in [2.75, 3.05) is 13.1 Å². The average molecular weight is 302 g/mol. The van der Waals surface area contributed by atoms with Gasteiger partial charge < -0.3 is 14.9 Å². The van der Waals surface area contributed by atoms with E-state index < -0.39 is 5.97 Å². The highest BCUT2D eigenvalue weighted by Crippen LogP contribution is 2.31. The van der Waals surface area contributed by atoms with Crippen molar-refractivity contribution in [1.82, 2.24) is 9.80 Å². The molecule has 1 amide bonds. The van der Waals surface area contributed by atoms with Gasteiger partial charge in [0.15, 0.2) is 0 Å². The first kappa shape index (κ1) is 15.0. The highest BCUT2D eigenvalue weighted by Gasteiger charge is 2.37. The highest BCUT2D eigenvalue weighted by molar-refractivity contribution is 6.07. The molecule has 3 rings (SSSR count). The maximum Gasteiger partial charge on any atom is 0.336 e. The second kappa shape index (κ2) is 5.72. The van der Waals surface area contributed by atoms with Crippen LogP contribution in [0.1, 0.15) is 53.0 Å². The third-order valence-corrected chi connectivity index (χ3v) is 4.87. The molecule has 5 nitrogen and oxygen atoms in total. The van der Waals surface area contributed by atoms with Crippen LogP contribution in [0.15, 0.2) is 18.2 Å². The lowest BCUT2D eigenvalue weighted by molar-refractivity contribution is 0.0558. The summed E-state index contributed by atoms with van der Waals surface area (Å²) in [7, 11) is 0. The number of carboxylic acid groups (broad SMARTS) is 1. The Morgan fingerprint density at radius 3 is 2.55 bits per heavy atom. The van der Waals surface area contributed by atoms with Gasteiger partial charge in [-0.2, -0.15) is 0 Å². The van der Waals surface area contributed by atoms with Gasteiger partial charge in [0.05, 0.1) is 11.1 Å². The van der Waals surface area contributed by atoms with Crippen LogP contribution in [0, 0.1) is 0 Å². The number of hydrogen-bond donors (Lipinski definition) is 1. The summed E-state index contributed by atoms with van der Waals surface area (Å²) in [6.07, 6.45) is 1.92. The molecular formula is C17H22N2O3. The van der Waals surface area contributed by atoms with E-state index in [-0.39, 0.29) is 17.5 Å². The van der Waals surface area contributed by atoms with Crippen molar-refractivity contribution in [3.63, 3.8) is 0 Å². The number of likely N-dealkylation sites (tertiary alicyclic amines) is 1. The molecule has 1 aromatic rings. The molecule has 0 atom stereocenters. The van der Waals surface area contributed by atoms with Crippen molar-refractivity contribution < 1.29 is 14.7 Å². The largest absolute Gasteiger partial charge is 0.478 e. The summed E-state index contributed by atoms with van der Waals surface area (Å²) in [5, 5.41) is 9.28. The normalized spacial score (nSPS) is 19.8. The molecule has 118 valence electrons. The first-order valence-electron chi connectivity index (χ1n) is 7.89. The van der Waals surface area contributed by atoms with Gasteiger partial charge in [-0.05, 0) is 38.3 Å². The minimum Gasteiger partial charge on any atom is -0.478 e. The van der Waals surface area contributed by atoms with Gasteiger partial charge in [-0.1, -0.05) is 12.1 Å². The lowest BCUT2D eigenvalue weighted by Gasteiger charge is -2.38. The van der Waals surface area contributed by atoms with Gasteiger partial charge in [-0.3, -0.25) is 4.79 Å². The molecule has 1 saturated heterocycles. The summed E-state index contributed by atoms with van der Waals surface area (Å²) < 4.78 is 0. The minimum atomic E-state index is -1.03. The highest BCUT2D eigenvalue weighted by atomic mass is 16.4. The monoisotopic (exact) mass is 302 g/mol. The number of carbonyl (C=O) groups is 2. The lowest BCUT2D eigenvalue weighted by Crippen LogP contribution is -2.47. The van der Waals surface area contributed by atoms with Crippen molar-refractivity contribution in [1.29, 1.82) is 0 Å². The summed E-state index contributed by atoms with van der Waals surface area (Å²) in [4.78, 5) is 28.3. The van der Waals surface area contributed by atoms with Crippen LogP contribution in [0.4, 0.5) is 0 Å². The van der Waals surface area contributed by atoms with E-state index in [0.29, 0.717) is 18.2 Å². The van der Waals surface area contributed by atoms with Crippen molar-refractivity contribution in [3.8, 4) is 0 Å². The van der Waals surface area contributed by atoms with E-state index in [0.717, 1.165) is 31.5 Å². The molecule has 0 aliphatic carbocycles. The molecular weight excluding hydrogens is 280 g/mol. The van der Waals surface area contributed by atoms with Crippen LogP contribution in [0.25, 0.3) is 0 Å². The number of nitrogens with zero attached hydrogens (tertiary/aromatic N) is 2. The van der Waals surface area contributed by atoms with Gasteiger partial charge in [0.25, 0.3) is 5.91 Å². The molecule has 0 radical (unpaired) electrons. The lowest BCUT2D eigenvalue weighted by atomic mass is 10.0. The summed E-state index contributed by atoms with van der Waals surface area (Å²) in [5.74, 6) is -1.14. The van der Waals surface area contributed by atoms with E-state index in [4.69, 9.17) is 0 Å². The Morgan fingerprint density at radius 2 is 1.95 bits per heavy atom. The molecule has 0 unspecified atom stereocenters. The predicted octanol–water partition coefficient (Wildman–Crippen LogP) is 2.21. The second-order valence-electron chi connectivity index (χ2n) is 6.44. The first-order valence-corrected chi connectivity index (χ1v) is 7.89. The Morgan fingerprint density at radius 1 is 1.27 bits per heavy atom. The zero-order valence-corrected chi connectivity index (χ0v) is 13.1. The number of carbonyl (C=O) groups excluding carboxylic acids is 1. The Hall–Kier alpha value is -1.88. The Labute approximate surface area is 130 Å². The van der Waals surface area contributed by atoms with Crippen LogP contribution in [-0.2, 0) is 6.54 Å². The third kappa shape index (κ3) is 2.50. The Balaban J connectivity index is 1.78. The van der Waals surface area contributed by atoms with Gasteiger partial charge in [-0.25, -0.2) is 4.79 Å². The SMILES string of the molecule is CC(C)N1CCC(N2Cc3cccc(C(=O)O)c3C2=O)CC1. The maximum atomic E-state index is 12.7. The fourth-order valence-corrected chi connectivity index (χ4v) is 3.57. The predicted molar refractivity (Wildman–Crippen MR) is 83.0 cm³/mol.